The number of allylic oxidation sites excluding steroid dienone is 8. The Balaban J connectivity index is 4.57. The molecular weight excluding hydrogens is 887 g/mol. The van der Waals surface area contributed by atoms with Gasteiger partial charge in [0.1, 0.15) is 6.10 Å². The average molecular weight is 1010 g/mol. The molecule has 72 heavy (non-hydrogen) atoms. The number of aliphatic hydroxyl groups excluding tert-OH is 2. The van der Waals surface area contributed by atoms with Crippen LogP contribution in [0.5, 0.6) is 0 Å². The summed E-state index contributed by atoms with van der Waals surface area (Å²) in [5.74, 6) is -0.491. The molecule has 0 saturated heterocycles. The number of rotatable bonds is 58. The normalized spacial score (nSPS) is 13.3. The first-order valence-electron chi connectivity index (χ1n) is 31.9. The van der Waals surface area contributed by atoms with Gasteiger partial charge in [0.05, 0.1) is 25.2 Å². The van der Waals surface area contributed by atoms with Crippen molar-refractivity contribution in [2.75, 3.05) is 6.61 Å². The summed E-state index contributed by atoms with van der Waals surface area (Å²) in [6.45, 7) is 6.50. The lowest BCUT2D eigenvalue weighted by atomic mass is 10.0. The van der Waals surface area contributed by atoms with Gasteiger partial charge in [0.2, 0.25) is 5.91 Å². The molecule has 3 unspecified atom stereocenters. The third-order valence-corrected chi connectivity index (χ3v) is 14.7. The van der Waals surface area contributed by atoms with Crippen molar-refractivity contribution in [2.45, 2.75) is 354 Å². The van der Waals surface area contributed by atoms with Crippen LogP contribution < -0.4 is 5.32 Å². The second-order valence-electron chi connectivity index (χ2n) is 21.8. The van der Waals surface area contributed by atoms with Gasteiger partial charge >= 0.3 is 5.97 Å². The van der Waals surface area contributed by atoms with Gasteiger partial charge in [0.15, 0.2) is 0 Å². The lowest BCUT2D eigenvalue weighted by Gasteiger charge is -2.24. The predicted molar refractivity (Wildman–Crippen MR) is 315 cm³/mol. The molecule has 3 N–H and O–H groups in total. The molecular formula is C66H123NO5. The molecule has 6 nitrogen and oxygen atoms in total. The Labute approximate surface area is 448 Å². The molecule has 0 fully saturated rings. The number of carbonyl (C=O) groups is 2. The van der Waals surface area contributed by atoms with E-state index in [2.05, 4.69) is 74.7 Å². The molecule has 0 aromatic heterocycles. The SMILES string of the molecule is CCCCC/C=C\C/C=C\C/C=C\C/C=C\CCCCCC(=O)OC(CCCCCCCCCCCCCCCCCCC)CC(=O)NC(CO)C(O)CCCCCCCCCCCCCCCCCCC. The second-order valence-corrected chi connectivity index (χ2v) is 21.8. The fourth-order valence-electron chi connectivity index (χ4n) is 9.83. The number of amides is 1. The first kappa shape index (κ1) is 69.8. The smallest absolute Gasteiger partial charge is 0.306 e. The van der Waals surface area contributed by atoms with Crippen LogP contribution in [0.25, 0.3) is 0 Å². The van der Waals surface area contributed by atoms with Crippen LogP contribution in [0.4, 0.5) is 0 Å². The minimum absolute atomic E-state index is 0.0685. The van der Waals surface area contributed by atoms with Crippen LogP contribution in [0.3, 0.4) is 0 Å². The highest BCUT2D eigenvalue weighted by Crippen LogP contribution is 2.19. The van der Waals surface area contributed by atoms with Crippen LogP contribution in [-0.4, -0.2) is 46.9 Å². The molecule has 0 aliphatic heterocycles. The zero-order valence-electron chi connectivity index (χ0n) is 48.3. The molecule has 0 aliphatic carbocycles. The molecule has 0 spiro atoms. The number of hydrogen-bond donors (Lipinski definition) is 3. The Kier molecular flexibility index (Phi) is 57.9. The monoisotopic (exact) mass is 1010 g/mol. The molecule has 0 heterocycles. The Bertz CT molecular complexity index is 1230. The van der Waals surface area contributed by atoms with Crippen LogP contribution in [0.1, 0.15) is 335 Å². The van der Waals surface area contributed by atoms with Crippen LogP contribution in [0.15, 0.2) is 48.6 Å². The first-order chi connectivity index (χ1) is 35.5. The van der Waals surface area contributed by atoms with Gasteiger partial charge in [-0.15, -0.1) is 0 Å². The van der Waals surface area contributed by atoms with Crippen molar-refractivity contribution in [2.24, 2.45) is 0 Å². The summed E-state index contributed by atoms with van der Waals surface area (Å²) in [6, 6.07) is -0.708. The average Bonchev–Trinajstić information content (AvgIpc) is 3.37. The first-order valence-corrected chi connectivity index (χ1v) is 31.9. The summed E-state index contributed by atoms with van der Waals surface area (Å²) in [7, 11) is 0. The Morgan fingerprint density at radius 2 is 0.708 bits per heavy atom. The Morgan fingerprint density at radius 3 is 1.08 bits per heavy atom. The zero-order valence-corrected chi connectivity index (χ0v) is 48.3. The Hall–Kier alpha value is -2.18. The van der Waals surface area contributed by atoms with E-state index in [9.17, 15) is 19.8 Å². The summed E-state index contributed by atoms with van der Waals surface area (Å²) < 4.78 is 5.98. The summed E-state index contributed by atoms with van der Waals surface area (Å²) in [5, 5.41) is 24.0. The third kappa shape index (κ3) is 54.1. The van der Waals surface area contributed by atoms with Gasteiger partial charge in [-0.05, 0) is 70.6 Å². The summed E-state index contributed by atoms with van der Waals surface area (Å²) in [5.41, 5.74) is 0. The van der Waals surface area contributed by atoms with Gasteiger partial charge in [-0.25, -0.2) is 0 Å². The van der Waals surface area contributed by atoms with Gasteiger partial charge in [-0.3, -0.25) is 9.59 Å². The highest BCUT2D eigenvalue weighted by molar-refractivity contribution is 5.77. The van der Waals surface area contributed by atoms with Crippen molar-refractivity contribution < 1.29 is 24.5 Å². The van der Waals surface area contributed by atoms with Crippen molar-refractivity contribution in [3.8, 4) is 0 Å². The van der Waals surface area contributed by atoms with Crippen LogP contribution >= 0.6 is 0 Å². The second kappa shape index (κ2) is 59.7. The number of unbranched alkanes of at least 4 members (excludes halogenated alkanes) is 38. The van der Waals surface area contributed by atoms with Gasteiger partial charge in [0, 0.05) is 6.42 Å². The van der Waals surface area contributed by atoms with Crippen LogP contribution in [0.2, 0.25) is 0 Å². The molecule has 1 amide bonds. The minimum Gasteiger partial charge on any atom is -0.462 e. The highest BCUT2D eigenvalue weighted by Gasteiger charge is 2.24. The lowest BCUT2D eigenvalue weighted by molar-refractivity contribution is -0.151. The number of aliphatic hydroxyl groups is 2. The van der Waals surface area contributed by atoms with Crippen LogP contribution in [0, 0.1) is 0 Å². The maximum absolute atomic E-state index is 13.3. The van der Waals surface area contributed by atoms with E-state index in [1.807, 2.05) is 0 Å². The Morgan fingerprint density at radius 1 is 0.403 bits per heavy atom. The quantitative estimate of drug-likeness (QED) is 0.0320. The molecule has 0 radical (unpaired) electrons. The summed E-state index contributed by atoms with van der Waals surface area (Å²) >= 11 is 0. The maximum Gasteiger partial charge on any atom is 0.306 e. The fraction of sp³-hybridized carbons (Fsp3) is 0.848. The molecule has 422 valence electrons. The molecule has 6 heteroatoms. The maximum atomic E-state index is 13.3. The lowest BCUT2D eigenvalue weighted by Crippen LogP contribution is -2.46. The van der Waals surface area contributed by atoms with E-state index in [1.165, 1.54) is 218 Å². The molecule has 0 aromatic carbocycles. The van der Waals surface area contributed by atoms with Gasteiger partial charge in [-0.1, -0.05) is 301 Å². The largest absolute Gasteiger partial charge is 0.462 e. The minimum atomic E-state index is -0.794. The zero-order chi connectivity index (χ0) is 52.3. The highest BCUT2D eigenvalue weighted by atomic mass is 16.5. The van der Waals surface area contributed by atoms with E-state index in [1.54, 1.807) is 0 Å². The fourth-order valence-corrected chi connectivity index (χ4v) is 9.83. The van der Waals surface area contributed by atoms with E-state index in [0.29, 0.717) is 19.3 Å². The molecule has 3 atom stereocenters. The van der Waals surface area contributed by atoms with Gasteiger partial charge in [0.25, 0.3) is 0 Å². The standard InChI is InChI=1S/C66H123NO5/c1-4-7-10-13-16-19-22-25-28-31-32-35-38-41-44-47-50-53-56-59-66(71)72-62(57-54-51-48-45-42-39-36-33-29-26-23-20-17-14-11-8-5-2)60-65(70)67-63(61-68)64(69)58-55-52-49-46-43-40-37-34-30-27-24-21-18-15-12-9-6-3/h16,19,25,28,32,35,41,44,62-64,68-69H,4-15,17-18,20-24,26-27,29-31,33-34,36-40,42-43,45-61H2,1-3H3,(H,67,70)/b19-16-,28-25-,35-32-,44-41-. The number of hydrogen-bond acceptors (Lipinski definition) is 5. The molecule has 0 aromatic rings. The number of ether oxygens (including phenoxy) is 1. The summed E-state index contributed by atoms with van der Waals surface area (Å²) in [6.07, 6.45) is 74.7. The van der Waals surface area contributed by atoms with Crippen molar-refractivity contribution in [1.29, 1.82) is 0 Å². The summed E-state index contributed by atoms with van der Waals surface area (Å²) in [4.78, 5) is 26.4. The van der Waals surface area contributed by atoms with Crippen molar-refractivity contribution in [3.63, 3.8) is 0 Å². The third-order valence-electron chi connectivity index (χ3n) is 14.7. The van der Waals surface area contributed by atoms with E-state index < -0.39 is 18.2 Å². The van der Waals surface area contributed by atoms with Crippen molar-refractivity contribution >= 4 is 11.9 Å². The molecule has 0 saturated carbocycles. The van der Waals surface area contributed by atoms with E-state index in [-0.39, 0.29) is 24.9 Å². The molecule has 0 rings (SSSR count). The number of carbonyl (C=O) groups excluding carboxylic acids is 2. The number of nitrogens with one attached hydrogen (secondary N) is 1. The predicted octanol–water partition coefficient (Wildman–Crippen LogP) is 20.1. The van der Waals surface area contributed by atoms with E-state index >= 15 is 0 Å². The number of esters is 1. The van der Waals surface area contributed by atoms with Gasteiger partial charge in [-0.2, -0.15) is 0 Å². The molecule has 0 bridgehead atoms. The van der Waals surface area contributed by atoms with E-state index in [0.717, 1.165) is 70.6 Å². The van der Waals surface area contributed by atoms with Crippen molar-refractivity contribution in [3.05, 3.63) is 48.6 Å². The van der Waals surface area contributed by atoms with Crippen molar-refractivity contribution in [1.82, 2.24) is 5.32 Å². The topological polar surface area (TPSA) is 95.9 Å². The van der Waals surface area contributed by atoms with Gasteiger partial charge < -0.3 is 20.3 Å². The van der Waals surface area contributed by atoms with Crippen LogP contribution in [-0.2, 0) is 14.3 Å². The van der Waals surface area contributed by atoms with E-state index in [4.69, 9.17) is 4.74 Å². The molecule has 0 aliphatic rings.